The summed E-state index contributed by atoms with van der Waals surface area (Å²) in [5.74, 6) is 0.708. The van der Waals surface area contributed by atoms with Crippen LogP contribution >= 0.6 is 11.3 Å². The highest BCUT2D eigenvalue weighted by atomic mass is 32.1. The van der Waals surface area contributed by atoms with E-state index in [2.05, 4.69) is 25.6 Å². The van der Waals surface area contributed by atoms with Gasteiger partial charge >= 0.3 is 7.12 Å². The zero-order chi connectivity index (χ0) is 19.3. The van der Waals surface area contributed by atoms with Crippen LogP contribution in [0.1, 0.15) is 57.8 Å². The molecule has 3 rings (SSSR count). The van der Waals surface area contributed by atoms with Gasteiger partial charge in [-0.25, -0.2) is 0 Å². The lowest BCUT2D eigenvalue weighted by Crippen LogP contribution is -2.45. The van der Waals surface area contributed by atoms with E-state index in [1.54, 1.807) is 11.3 Å². The Morgan fingerprint density at radius 3 is 2.59 bits per heavy atom. The van der Waals surface area contributed by atoms with Crippen LogP contribution in [0.4, 0.5) is 0 Å². The van der Waals surface area contributed by atoms with E-state index in [1.807, 2.05) is 13.8 Å². The molecule has 2 aliphatic heterocycles. The molecular formula is C21H33BO4S. The molecular weight excluding hydrogens is 359 g/mol. The van der Waals surface area contributed by atoms with Gasteiger partial charge in [0.2, 0.25) is 0 Å². The standard InChI is InChI=1S/C21H33BO4S/c1-5-21(15-24-16-21)14-23-13-9-7-6-8-10-18-11-12-19(27-18)22-25-17(2)20(3,4)26-22/h11-12H,2,5-10,13-16H2,1,3-4H3. The van der Waals surface area contributed by atoms with Gasteiger partial charge in [0.15, 0.2) is 0 Å². The highest BCUT2D eigenvalue weighted by Crippen LogP contribution is 2.31. The lowest BCUT2D eigenvalue weighted by molar-refractivity contribution is -0.150. The summed E-state index contributed by atoms with van der Waals surface area (Å²) >= 11 is 1.79. The molecule has 0 bridgehead atoms. The van der Waals surface area contributed by atoms with E-state index < -0.39 is 5.60 Å². The fraction of sp³-hybridized carbons (Fsp3) is 0.714. The van der Waals surface area contributed by atoms with Gasteiger partial charge in [0.25, 0.3) is 0 Å². The van der Waals surface area contributed by atoms with E-state index in [0.29, 0.717) is 11.2 Å². The molecule has 3 heterocycles. The minimum absolute atomic E-state index is 0.295. The largest absolute Gasteiger partial charge is 0.574 e. The summed E-state index contributed by atoms with van der Waals surface area (Å²) in [6.45, 7) is 13.6. The molecule has 0 atom stereocenters. The van der Waals surface area contributed by atoms with Crippen molar-refractivity contribution in [1.82, 2.24) is 0 Å². The van der Waals surface area contributed by atoms with Gasteiger partial charge in [-0.3, -0.25) is 0 Å². The van der Waals surface area contributed by atoms with Crippen LogP contribution in [0.25, 0.3) is 0 Å². The molecule has 0 spiro atoms. The van der Waals surface area contributed by atoms with Gasteiger partial charge in [-0.05, 0) is 45.6 Å². The maximum atomic E-state index is 5.95. The zero-order valence-corrected chi connectivity index (χ0v) is 17.9. The second-order valence-corrected chi connectivity index (χ2v) is 9.57. The molecule has 0 aliphatic carbocycles. The third kappa shape index (κ3) is 5.38. The molecule has 0 saturated carbocycles. The van der Waals surface area contributed by atoms with Gasteiger partial charge in [-0.2, -0.15) is 0 Å². The van der Waals surface area contributed by atoms with Gasteiger partial charge < -0.3 is 18.8 Å². The van der Waals surface area contributed by atoms with Crippen LogP contribution in [-0.2, 0) is 25.2 Å². The quantitative estimate of drug-likeness (QED) is 0.415. The van der Waals surface area contributed by atoms with Gasteiger partial charge in [0.05, 0.1) is 30.4 Å². The smallest absolute Gasteiger partial charge is 0.533 e. The first-order chi connectivity index (χ1) is 12.9. The third-order valence-corrected chi connectivity index (χ3v) is 6.84. The van der Waals surface area contributed by atoms with Crippen LogP contribution < -0.4 is 4.78 Å². The van der Waals surface area contributed by atoms with E-state index in [9.17, 15) is 0 Å². The molecule has 150 valence electrons. The van der Waals surface area contributed by atoms with Crippen molar-refractivity contribution < 1.29 is 18.8 Å². The lowest BCUT2D eigenvalue weighted by atomic mass is 9.84. The van der Waals surface area contributed by atoms with Gasteiger partial charge in [0.1, 0.15) is 5.60 Å². The number of aryl methyl sites for hydroxylation is 1. The number of thiophene rings is 1. The number of unbranched alkanes of at least 4 members (excludes halogenated alkanes) is 3. The van der Waals surface area contributed by atoms with Crippen molar-refractivity contribution in [2.45, 2.75) is 64.9 Å². The molecule has 27 heavy (non-hydrogen) atoms. The Hall–Kier alpha value is -0.815. The first kappa shape index (κ1) is 20.9. The molecule has 1 aromatic heterocycles. The van der Waals surface area contributed by atoms with E-state index in [0.717, 1.165) is 50.5 Å². The number of hydrogen-bond donors (Lipinski definition) is 0. The predicted molar refractivity (Wildman–Crippen MR) is 112 cm³/mol. The number of hydrogen-bond acceptors (Lipinski definition) is 5. The Kier molecular flexibility index (Phi) is 7.06. The Morgan fingerprint density at radius 1 is 1.19 bits per heavy atom. The molecule has 2 aliphatic rings. The van der Waals surface area contributed by atoms with Crippen molar-refractivity contribution in [3.63, 3.8) is 0 Å². The topological polar surface area (TPSA) is 36.9 Å². The van der Waals surface area contributed by atoms with Gasteiger partial charge in [0, 0.05) is 16.9 Å². The summed E-state index contributed by atoms with van der Waals surface area (Å²) in [6, 6.07) is 4.33. The average Bonchev–Trinajstić information content (AvgIpc) is 3.17. The van der Waals surface area contributed by atoms with Crippen LogP contribution in [-0.4, -0.2) is 39.1 Å². The Bertz CT molecular complexity index is 618. The maximum Gasteiger partial charge on any atom is 0.574 e. The zero-order valence-electron chi connectivity index (χ0n) is 17.1. The molecule has 0 amide bonds. The van der Waals surface area contributed by atoms with Gasteiger partial charge in [-0.15, -0.1) is 11.3 Å². The molecule has 2 fully saturated rings. The van der Waals surface area contributed by atoms with Crippen molar-refractivity contribution in [2.75, 3.05) is 26.4 Å². The average molecular weight is 392 g/mol. The summed E-state index contributed by atoms with van der Waals surface area (Å²) in [7, 11) is -0.295. The minimum Gasteiger partial charge on any atom is -0.533 e. The Labute approximate surface area is 168 Å². The van der Waals surface area contributed by atoms with Crippen molar-refractivity contribution in [3.8, 4) is 0 Å². The van der Waals surface area contributed by atoms with E-state index in [-0.39, 0.29) is 7.12 Å². The van der Waals surface area contributed by atoms with E-state index in [1.165, 1.54) is 24.1 Å². The molecule has 0 N–H and O–H groups in total. The summed E-state index contributed by atoms with van der Waals surface area (Å²) in [6.07, 6.45) is 7.13. The predicted octanol–water partition coefficient (Wildman–Crippen LogP) is 4.33. The van der Waals surface area contributed by atoms with Gasteiger partial charge in [-0.1, -0.05) is 32.4 Å². The highest BCUT2D eigenvalue weighted by Gasteiger charge is 2.43. The fourth-order valence-corrected chi connectivity index (χ4v) is 4.34. The number of ether oxygens (including phenoxy) is 2. The summed E-state index contributed by atoms with van der Waals surface area (Å²) in [4.78, 5) is 1.40. The normalized spacial score (nSPS) is 20.6. The van der Waals surface area contributed by atoms with Crippen LogP contribution in [0, 0.1) is 5.41 Å². The molecule has 1 aromatic rings. The molecule has 6 heteroatoms. The van der Waals surface area contributed by atoms with Crippen molar-refractivity contribution in [2.24, 2.45) is 5.41 Å². The molecule has 4 nitrogen and oxygen atoms in total. The number of rotatable bonds is 11. The monoisotopic (exact) mass is 392 g/mol. The molecule has 0 radical (unpaired) electrons. The summed E-state index contributed by atoms with van der Waals surface area (Å²) < 4.78 is 24.1. The SMILES string of the molecule is C=C1OB(c2ccc(CCCCCCOCC3(CC)COC3)s2)OC1(C)C. The Balaban J connectivity index is 1.26. The van der Waals surface area contributed by atoms with Crippen LogP contribution in [0.3, 0.4) is 0 Å². The van der Waals surface area contributed by atoms with Crippen molar-refractivity contribution in [3.05, 3.63) is 29.3 Å². The second kappa shape index (κ2) is 9.12. The van der Waals surface area contributed by atoms with E-state index in [4.69, 9.17) is 18.8 Å². The second-order valence-electron chi connectivity index (χ2n) is 8.37. The van der Waals surface area contributed by atoms with Crippen LogP contribution in [0.15, 0.2) is 24.5 Å². The molecule has 0 unspecified atom stereocenters. The maximum absolute atomic E-state index is 5.95. The third-order valence-electron chi connectivity index (χ3n) is 5.67. The minimum atomic E-state index is -0.403. The first-order valence-corrected chi connectivity index (χ1v) is 11.0. The fourth-order valence-electron chi connectivity index (χ4n) is 3.33. The van der Waals surface area contributed by atoms with Crippen LogP contribution in [0.5, 0.6) is 0 Å². The van der Waals surface area contributed by atoms with Crippen LogP contribution in [0.2, 0.25) is 0 Å². The lowest BCUT2D eigenvalue weighted by Gasteiger charge is -2.40. The van der Waals surface area contributed by atoms with Crippen molar-refractivity contribution >= 4 is 23.2 Å². The Morgan fingerprint density at radius 2 is 1.96 bits per heavy atom. The molecule has 0 aromatic carbocycles. The molecule has 2 saturated heterocycles. The highest BCUT2D eigenvalue weighted by molar-refractivity contribution is 7.22. The van der Waals surface area contributed by atoms with E-state index >= 15 is 0 Å². The van der Waals surface area contributed by atoms with Crippen molar-refractivity contribution in [1.29, 1.82) is 0 Å². The summed E-state index contributed by atoms with van der Waals surface area (Å²) in [5, 5.41) is 0. The first-order valence-electron chi connectivity index (χ1n) is 10.2. The summed E-state index contributed by atoms with van der Waals surface area (Å²) in [5.41, 5.74) is -0.0927.